The predicted octanol–water partition coefficient (Wildman–Crippen LogP) is 0.884. The minimum absolute atomic E-state index is 0.135. The Hall–Kier alpha value is -0.130. The van der Waals surface area contributed by atoms with Gasteiger partial charge in [-0.3, -0.25) is 4.90 Å². The average Bonchev–Trinajstić information content (AvgIpc) is 2.23. The fourth-order valence-corrected chi connectivity index (χ4v) is 3.06. The summed E-state index contributed by atoms with van der Waals surface area (Å²) in [5.41, 5.74) is 0.135. The Morgan fingerprint density at radius 2 is 2.06 bits per heavy atom. The lowest BCUT2D eigenvalue weighted by Gasteiger charge is -2.43. The van der Waals surface area contributed by atoms with Crippen LogP contribution >= 0.6 is 0 Å². The van der Waals surface area contributed by atoms with Gasteiger partial charge in [0, 0.05) is 30.4 Å². The lowest BCUT2D eigenvalue weighted by Crippen LogP contribution is -2.60. The topological polar surface area (TPSA) is 49.4 Å². The number of piperazine rings is 1. The maximum atomic E-state index is 11.4. The predicted molar refractivity (Wildman–Crippen MR) is 72.1 cm³/mol. The van der Waals surface area contributed by atoms with Crippen molar-refractivity contribution in [1.82, 2.24) is 10.2 Å². The third-order valence-corrected chi connectivity index (χ3v) is 5.23. The summed E-state index contributed by atoms with van der Waals surface area (Å²) < 4.78 is 22.8. The lowest BCUT2D eigenvalue weighted by atomic mass is 9.99. The van der Waals surface area contributed by atoms with Crippen LogP contribution in [0.1, 0.15) is 34.1 Å². The minimum atomic E-state index is -2.81. The van der Waals surface area contributed by atoms with Crippen molar-refractivity contribution >= 4 is 9.84 Å². The zero-order chi connectivity index (χ0) is 13.1. The molecule has 1 N–H and O–H groups in total. The van der Waals surface area contributed by atoms with Gasteiger partial charge in [-0.05, 0) is 33.7 Å². The second kappa shape index (κ2) is 5.67. The summed E-state index contributed by atoms with van der Waals surface area (Å²) in [6.45, 7) is 11.1. The van der Waals surface area contributed by atoms with Crippen molar-refractivity contribution in [2.75, 3.05) is 31.1 Å². The number of nitrogens with one attached hydrogen (secondary N) is 1. The standard InChI is InChI=1S/C12H26N2O2S/c1-5-17(15,16)8-6-7-14-10-12(3,4)13-9-11(14)2/h11,13H,5-10H2,1-4H3. The molecule has 1 atom stereocenters. The molecule has 0 aromatic rings. The van der Waals surface area contributed by atoms with Gasteiger partial charge in [0.25, 0.3) is 0 Å². The molecule has 0 aromatic heterocycles. The van der Waals surface area contributed by atoms with E-state index in [-0.39, 0.29) is 11.3 Å². The summed E-state index contributed by atoms with van der Waals surface area (Å²) in [6, 6.07) is 0.493. The van der Waals surface area contributed by atoms with Crippen molar-refractivity contribution in [3.8, 4) is 0 Å². The van der Waals surface area contributed by atoms with Crippen LogP contribution in [0.2, 0.25) is 0 Å². The van der Waals surface area contributed by atoms with Gasteiger partial charge in [-0.2, -0.15) is 0 Å². The molecule has 1 saturated heterocycles. The monoisotopic (exact) mass is 262 g/mol. The molecule has 0 amide bonds. The Labute approximate surface area is 106 Å². The summed E-state index contributed by atoms with van der Waals surface area (Å²) in [5.74, 6) is 0.580. The fraction of sp³-hybridized carbons (Fsp3) is 1.00. The summed E-state index contributed by atoms with van der Waals surface area (Å²) in [5, 5.41) is 3.50. The molecule has 17 heavy (non-hydrogen) atoms. The van der Waals surface area contributed by atoms with Gasteiger partial charge in [-0.25, -0.2) is 8.42 Å². The van der Waals surface area contributed by atoms with Crippen LogP contribution in [0.3, 0.4) is 0 Å². The highest BCUT2D eigenvalue weighted by Crippen LogP contribution is 2.15. The van der Waals surface area contributed by atoms with Crippen molar-refractivity contribution in [2.24, 2.45) is 0 Å². The van der Waals surface area contributed by atoms with Gasteiger partial charge in [-0.1, -0.05) is 6.92 Å². The highest BCUT2D eigenvalue weighted by molar-refractivity contribution is 7.91. The van der Waals surface area contributed by atoms with Crippen LogP contribution in [0.25, 0.3) is 0 Å². The van der Waals surface area contributed by atoms with Gasteiger partial charge in [0.15, 0.2) is 0 Å². The van der Waals surface area contributed by atoms with Crippen molar-refractivity contribution in [3.05, 3.63) is 0 Å². The van der Waals surface area contributed by atoms with Crippen LogP contribution < -0.4 is 5.32 Å². The maximum Gasteiger partial charge on any atom is 0.150 e. The normalized spacial score (nSPS) is 26.0. The quantitative estimate of drug-likeness (QED) is 0.799. The van der Waals surface area contributed by atoms with Gasteiger partial charge in [0.1, 0.15) is 9.84 Å². The molecule has 1 unspecified atom stereocenters. The Kier molecular flexibility index (Phi) is 4.98. The van der Waals surface area contributed by atoms with Gasteiger partial charge in [0.05, 0.1) is 5.75 Å². The lowest BCUT2D eigenvalue weighted by molar-refractivity contribution is 0.105. The average molecular weight is 262 g/mol. The summed E-state index contributed by atoms with van der Waals surface area (Å²) >= 11 is 0. The molecule has 1 rings (SSSR count). The zero-order valence-corrected chi connectivity index (χ0v) is 12.3. The first kappa shape index (κ1) is 14.9. The van der Waals surface area contributed by atoms with Crippen molar-refractivity contribution < 1.29 is 8.42 Å². The highest BCUT2D eigenvalue weighted by Gasteiger charge is 2.29. The van der Waals surface area contributed by atoms with E-state index in [1.807, 2.05) is 0 Å². The third kappa shape index (κ3) is 4.94. The van der Waals surface area contributed by atoms with E-state index in [2.05, 4.69) is 31.0 Å². The zero-order valence-electron chi connectivity index (χ0n) is 11.5. The molecule has 1 aliphatic heterocycles. The fourth-order valence-electron chi connectivity index (χ4n) is 2.20. The Morgan fingerprint density at radius 1 is 1.41 bits per heavy atom. The summed E-state index contributed by atoms with van der Waals surface area (Å²) in [7, 11) is -2.81. The largest absolute Gasteiger partial charge is 0.309 e. The molecule has 0 aromatic carbocycles. The number of hydrogen-bond donors (Lipinski definition) is 1. The van der Waals surface area contributed by atoms with Gasteiger partial charge < -0.3 is 5.32 Å². The molecular formula is C12H26N2O2S. The van der Waals surface area contributed by atoms with E-state index < -0.39 is 9.84 Å². The molecule has 5 heteroatoms. The number of hydrogen-bond acceptors (Lipinski definition) is 4. The molecule has 1 fully saturated rings. The van der Waals surface area contributed by atoms with E-state index in [4.69, 9.17) is 0 Å². The Balaban J connectivity index is 2.40. The second-order valence-corrected chi connectivity index (χ2v) is 8.15. The van der Waals surface area contributed by atoms with Crippen LogP contribution in [0, 0.1) is 0 Å². The highest BCUT2D eigenvalue weighted by atomic mass is 32.2. The summed E-state index contributed by atoms with van der Waals surface area (Å²) in [4.78, 5) is 2.39. The molecule has 1 heterocycles. The van der Waals surface area contributed by atoms with E-state index in [9.17, 15) is 8.42 Å². The number of rotatable bonds is 5. The van der Waals surface area contributed by atoms with Crippen molar-refractivity contribution in [2.45, 2.75) is 45.7 Å². The van der Waals surface area contributed by atoms with E-state index >= 15 is 0 Å². The molecule has 0 saturated carbocycles. The summed E-state index contributed by atoms with van der Waals surface area (Å²) in [6.07, 6.45) is 0.747. The maximum absolute atomic E-state index is 11.4. The van der Waals surface area contributed by atoms with Crippen molar-refractivity contribution in [3.63, 3.8) is 0 Å². The van der Waals surface area contributed by atoms with E-state index in [1.165, 1.54) is 0 Å². The first-order valence-corrected chi connectivity index (χ1v) is 8.27. The molecule has 102 valence electrons. The number of sulfone groups is 1. The van der Waals surface area contributed by atoms with Gasteiger partial charge in [-0.15, -0.1) is 0 Å². The molecule has 0 spiro atoms. The molecule has 0 aliphatic carbocycles. The molecule has 0 bridgehead atoms. The first-order chi connectivity index (χ1) is 7.76. The second-order valence-electron chi connectivity index (χ2n) is 5.67. The van der Waals surface area contributed by atoms with Crippen LogP contribution in [-0.4, -0.2) is 56.0 Å². The molecule has 1 aliphatic rings. The molecule has 0 radical (unpaired) electrons. The van der Waals surface area contributed by atoms with Crippen LogP contribution in [0.4, 0.5) is 0 Å². The smallest absolute Gasteiger partial charge is 0.150 e. The van der Waals surface area contributed by atoms with Crippen LogP contribution in [-0.2, 0) is 9.84 Å². The Morgan fingerprint density at radius 3 is 2.65 bits per heavy atom. The third-order valence-electron chi connectivity index (χ3n) is 3.44. The Bertz CT molecular complexity index is 338. The van der Waals surface area contributed by atoms with E-state index in [0.29, 0.717) is 11.8 Å². The molecule has 4 nitrogen and oxygen atoms in total. The van der Waals surface area contributed by atoms with Crippen LogP contribution in [0.5, 0.6) is 0 Å². The van der Waals surface area contributed by atoms with Gasteiger partial charge in [0.2, 0.25) is 0 Å². The van der Waals surface area contributed by atoms with Crippen LogP contribution in [0.15, 0.2) is 0 Å². The van der Waals surface area contributed by atoms with Crippen molar-refractivity contribution in [1.29, 1.82) is 0 Å². The first-order valence-electron chi connectivity index (χ1n) is 6.45. The van der Waals surface area contributed by atoms with E-state index in [1.54, 1.807) is 6.92 Å². The molecular weight excluding hydrogens is 236 g/mol. The SMILES string of the molecule is CCS(=O)(=O)CCCN1CC(C)(C)NCC1C. The van der Waals surface area contributed by atoms with Gasteiger partial charge >= 0.3 is 0 Å². The number of nitrogens with zero attached hydrogens (tertiary/aromatic N) is 1. The minimum Gasteiger partial charge on any atom is -0.309 e. The van der Waals surface area contributed by atoms with E-state index in [0.717, 1.165) is 26.1 Å².